The van der Waals surface area contributed by atoms with Crippen LogP contribution in [0.25, 0.3) is 0 Å². The Balaban J connectivity index is 1.88. The number of carbonyl (C=O) groups is 1. The lowest BCUT2D eigenvalue weighted by molar-refractivity contribution is -0.402. The molecule has 2 rings (SSSR count). The molecular weight excluding hydrogens is 272 g/mol. The van der Waals surface area contributed by atoms with Crippen LogP contribution >= 0.6 is 11.6 Å². The summed E-state index contributed by atoms with van der Waals surface area (Å²) >= 11 is 6.19. The smallest absolute Gasteiger partial charge is 0.395 e. The van der Waals surface area contributed by atoms with E-state index in [0.717, 1.165) is 25.7 Å². The largest absolute Gasteiger partial charge is 0.433 e. The van der Waals surface area contributed by atoms with Crippen LogP contribution in [0.1, 0.15) is 36.2 Å². The summed E-state index contributed by atoms with van der Waals surface area (Å²) in [6.45, 7) is 0.474. The maximum atomic E-state index is 11.8. The van der Waals surface area contributed by atoms with Crippen LogP contribution in [0.5, 0.6) is 0 Å². The molecule has 1 aromatic rings. The van der Waals surface area contributed by atoms with Crippen molar-refractivity contribution < 1.29 is 14.1 Å². The van der Waals surface area contributed by atoms with Crippen molar-refractivity contribution in [3.63, 3.8) is 0 Å². The van der Waals surface area contributed by atoms with Crippen molar-refractivity contribution in [1.82, 2.24) is 5.32 Å². The average Bonchev–Trinajstić information content (AvgIpc) is 2.87. The number of halogens is 1. The van der Waals surface area contributed by atoms with Crippen LogP contribution in [-0.4, -0.2) is 22.8 Å². The Bertz CT molecular complexity index is 474. The fourth-order valence-corrected chi connectivity index (χ4v) is 2.62. The summed E-state index contributed by atoms with van der Waals surface area (Å²) in [6, 6.07) is 2.46. The number of alkyl halides is 1. The molecule has 1 aliphatic carbocycles. The third-order valence-electron chi connectivity index (χ3n) is 3.34. The molecule has 1 aromatic heterocycles. The van der Waals surface area contributed by atoms with E-state index in [1.807, 2.05) is 0 Å². The topological polar surface area (TPSA) is 85.4 Å². The molecule has 0 radical (unpaired) electrons. The van der Waals surface area contributed by atoms with Crippen LogP contribution in [-0.2, 0) is 0 Å². The summed E-state index contributed by atoms with van der Waals surface area (Å²) in [6.07, 6.45) is 4.21. The first-order valence-corrected chi connectivity index (χ1v) is 6.68. The molecule has 0 aromatic carbocycles. The van der Waals surface area contributed by atoms with Gasteiger partial charge in [0.1, 0.15) is 4.92 Å². The highest BCUT2D eigenvalue weighted by Gasteiger charge is 2.24. The van der Waals surface area contributed by atoms with Gasteiger partial charge in [0.2, 0.25) is 0 Å². The van der Waals surface area contributed by atoms with Crippen LogP contribution in [0.3, 0.4) is 0 Å². The molecule has 0 spiro atoms. The fraction of sp³-hybridized carbons (Fsp3) is 0.583. The lowest BCUT2D eigenvalue weighted by Gasteiger charge is -2.26. The third-order valence-corrected chi connectivity index (χ3v) is 3.91. The Kier molecular flexibility index (Phi) is 4.42. The van der Waals surface area contributed by atoms with Gasteiger partial charge in [-0.1, -0.05) is 12.8 Å². The number of furan rings is 1. The molecule has 1 saturated carbocycles. The molecule has 1 heterocycles. The van der Waals surface area contributed by atoms with Gasteiger partial charge in [-0.2, -0.15) is 0 Å². The summed E-state index contributed by atoms with van der Waals surface area (Å²) < 4.78 is 4.83. The molecule has 1 amide bonds. The quantitative estimate of drug-likeness (QED) is 0.524. The first-order valence-electron chi connectivity index (χ1n) is 6.24. The van der Waals surface area contributed by atoms with E-state index in [0.29, 0.717) is 6.54 Å². The van der Waals surface area contributed by atoms with Gasteiger partial charge in [0, 0.05) is 11.9 Å². The lowest BCUT2D eigenvalue weighted by Crippen LogP contribution is -2.34. The standard InChI is InChI=1S/C12H15ClN2O4/c13-9-4-2-1-3-8(9)7-14-12(16)10-5-6-11(19-10)15(17)18/h5-6,8-9H,1-4,7H2,(H,14,16). The number of nitro groups is 1. The van der Waals surface area contributed by atoms with Gasteiger partial charge < -0.3 is 9.73 Å². The maximum absolute atomic E-state index is 11.8. The maximum Gasteiger partial charge on any atom is 0.433 e. The molecule has 104 valence electrons. The molecule has 1 N–H and O–H groups in total. The van der Waals surface area contributed by atoms with Gasteiger partial charge in [0.15, 0.2) is 5.76 Å². The zero-order valence-electron chi connectivity index (χ0n) is 10.3. The second-order valence-electron chi connectivity index (χ2n) is 4.67. The summed E-state index contributed by atoms with van der Waals surface area (Å²) in [7, 11) is 0. The van der Waals surface area contributed by atoms with Crippen molar-refractivity contribution in [3.8, 4) is 0 Å². The Morgan fingerprint density at radius 1 is 1.47 bits per heavy atom. The predicted octanol–water partition coefficient (Wildman–Crippen LogP) is 2.72. The first-order chi connectivity index (χ1) is 9.08. The van der Waals surface area contributed by atoms with Crippen molar-refractivity contribution in [1.29, 1.82) is 0 Å². The number of amides is 1. The highest BCUT2D eigenvalue weighted by molar-refractivity contribution is 6.20. The van der Waals surface area contributed by atoms with E-state index in [-0.39, 0.29) is 17.1 Å². The van der Waals surface area contributed by atoms with Crippen molar-refractivity contribution in [3.05, 3.63) is 28.0 Å². The monoisotopic (exact) mass is 286 g/mol. The predicted molar refractivity (Wildman–Crippen MR) is 69.3 cm³/mol. The number of rotatable bonds is 4. The lowest BCUT2D eigenvalue weighted by atomic mass is 9.89. The summed E-state index contributed by atoms with van der Waals surface area (Å²) in [4.78, 5) is 21.5. The zero-order valence-corrected chi connectivity index (χ0v) is 11.1. The molecule has 7 heteroatoms. The van der Waals surface area contributed by atoms with E-state index >= 15 is 0 Å². The molecule has 19 heavy (non-hydrogen) atoms. The van der Waals surface area contributed by atoms with Gasteiger partial charge in [-0.3, -0.25) is 14.9 Å². The van der Waals surface area contributed by atoms with Crippen LogP contribution in [0, 0.1) is 16.0 Å². The molecule has 0 saturated heterocycles. The second kappa shape index (κ2) is 6.06. The summed E-state index contributed by atoms with van der Waals surface area (Å²) in [5.74, 6) is -0.668. The van der Waals surface area contributed by atoms with Gasteiger partial charge in [-0.05, 0) is 24.8 Å². The highest BCUT2D eigenvalue weighted by Crippen LogP contribution is 2.28. The number of nitrogens with zero attached hydrogens (tertiary/aromatic N) is 1. The van der Waals surface area contributed by atoms with E-state index in [1.54, 1.807) is 0 Å². The minimum atomic E-state index is -0.674. The van der Waals surface area contributed by atoms with Crippen LogP contribution < -0.4 is 5.32 Å². The molecule has 1 fully saturated rings. The van der Waals surface area contributed by atoms with Crippen LogP contribution in [0.4, 0.5) is 5.88 Å². The van der Waals surface area contributed by atoms with E-state index < -0.39 is 16.7 Å². The fourth-order valence-electron chi connectivity index (χ4n) is 2.25. The van der Waals surface area contributed by atoms with Gasteiger partial charge in [-0.25, -0.2) is 0 Å². The Hall–Kier alpha value is -1.56. The van der Waals surface area contributed by atoms with E-state index in [9.17, 15) is 14.9 Å². The third kappa shape index (κ3) is 3.47. The van der Waals surface area contributed by atoms with Crippen molar-refractivity contribution >= 4 is 23.4 Å². The average molecular weight is 287 g/mol. The molecule has 0 aliphatic heterocycles. The van der Waals surface area contributed by atoms with Gasteiger partial charge in [-0.15, -0.1) is 11.6 Å². The SMILES string of the molecule is O=C(NCC1CCCCC1Cl)c1ccc([N+](=O)[O-])o1. The van der Waals surface area contributed by atoms with E-state index in [2.05, 4.69) is 5.32 Å². The van der Waals surface area contributed by atoms with Crippen LogP contribution in [0.2, 0.25) is 0 Å². The van der Waals surface area contributed by atoms with Crippen LogP contribution in [0.15, 0.2) is 16.5 Å². The van der Waals surface area contributed by atoms with E-state index in [1.165, 1.54) is 12.1 Å². The zero-order chi connectivity index (χ0) is 13.8. The second-order valence-corrected chi connectivity index (χ2v) is 5.23. The molecular formula is C12H15ClN2O4. The molecule has 6 nitrogen and oxygen atoms in total. The molecule has 2 atom stereocenters. The number of hydrogen-bond donors (Lipinski definition) is 1. The Labute approximate surface area is 115 Å². The van der Waals surface area contributed by atoms with Crippen molar-refractivity contribution in [2.24, 2.45) is 5.92 Å². The van der Waals surface area contributed by atoms with Gasteiger partial charge in [0.05, 0.1) is 6.07 Å². The molecule has 1 aliphatic rings. The van der Waals surface area contributed by atoms with Gasteiger partial charge in [0.25, 0.3) is 5.91 Å². The summed E-state index contributed by atoms with van der Waals surface area (Å²) in [5, 5.41) is 13.2. The van der Waals surface area contributed by atoms with Gasteiger partial charge >= 0.3 is 5.88 Å². The number of carbonyl (C=O) groups excluding carboxylic acids is 1. The Morgan fingerprint density at radius 3 is 2.84 bits per heavy atom. The number of nitrogens with one attached hydrogen (secondary N) is 1. The number of hydrogen-bond acceptors (Lipinski definition) is 4. The summed E-state index contributed by atoms with van der Waals surface area (Å²) in [5.41, 5.74) is 0. The normalized spacial score (nSPS) is 23.0. The van der Waals surface area contributed by atoms with Crippen molar-refractivity contribution in [2.75, 3.05) is 6.54 Å². The van der Waals surface area contributed by atoms with E-state index in [4.69, 9.17) is 16.0 Å². The minimum absolute atomic E-state index is 0.0476. The Morgan fingerprint density at radius 2 is 2.21 bits per heavy atom. The first kappa shape index (κ1) is 13.9. The molecule has 2 unspecified atom stereocenters. The van der Waals surface area contributed by atoms with Crippen molar-refractivity contribution in [2.45, 2.75) is 31.1 Å². The molecule has 0 bridgehead atoms. The highest BCUT2D eigenvalue weighted by atomic mass is 35.5. The minimum Gasteiger partial charge on any atom is -0.395 e.